The van der Waals surface area contributed by atoms with Gasteiger partial charge in [0, 0.05) is 44.1 Å². The normalized spacial score (nSPS) is 25.1. The number of fused-ring (bicyclic) bond motifs is 1. The number of thioether (sulfide) groups is 1. The van der Waals surface area contributed by atoms with Gasteiger partial charge in [-0.2, -0.15) is 0 Å². The van der Waals surface area contributed by atoms with Crippen molar-refractivity contribution in [3.05, 3.63) is 24.3 Å². The van der Waals surface area contributed by atoms with Crippen molar-refractivity contribution in [1.82, 2.24) is 9.80 Å². The fourth-order valence-electron chi connectivity index (χ4n) is 3.67. The highest BCUT2D eigenvalue weighted by atomic mass is 32.2. The van der Waals surface area contributed by atoms with Crippen LogP contribution in [0.4, 0.5) is 5.69 Å². The predicted octanol–water partition coefficient (Wildman–Crippen LogP) is 1.34. The van der Waals surface area contributed by atoms with E-state index in [2.05, 4.69) is 5.32 Å². The van der Waals surface area contributed by atoms with E-state index in [0.717, 1.165) is 23.4 Å². The molecule has 7 nitrogen and oxygen atoms in total. The van der Waals surface area contributed by atoms with Crippen molar-refractivity contribution in [2.24, 2.45) is 0 Å². The van der Waals surface area contributed by atoms with Crippen LogP contribution in [0.15, 0.2) is 29.2 Å². The first kappa shape index (κ1) is 18.3. The first-order chi connectivity index (χ1) is 13.1. The van der Waals surface area contributed by atoms with Gasteiger partial charge in [0.05, 0.1) is 10.9 Å². The van der Waals surface area contributed by atoms with E-state index in [1.54, 1.807) is 9.80 Å². The first-order valence-electron chi connectivity index (χ1n) is 9.36. The number of amides is 3. The third-order valence-electron chi connectivity index (χ3n) is 5.22. The molecule has 3 heterocycles. The van der Waals surface area contributed by atoms with Crippen LogP contribution >= 0.6 is 11.8 Å². The molecule has 3 aliphatic heterocycles. The van der Waals surface area contributed by atoms with Crippen LogP contribution in [0.3, 0.4) is 0 Å². The molecule has 3 amide bonds. The lowest BCUT2D eigenvalue weighted by molar-refractivity contribution is -0.146. The number of anilines is 1. The van der Waals surface area contributed by atoms with Gasteiger partial charge in [0.25, 0.3) is 5.91 Å². The molecule has 1 N–H and O–H groups in total. The molecule has 8 heteroatoms. The van der Waals surface area contributed by atoms with E-state index in [0.29, 0.717) is 32.8 Å². The molecule has 1 aromatic rings. The lowest BCUT2D eigenvalue weighted by Crippen LogP contribution is -2.53. The van der Waals surface area contributed by atoms with Crippen molar-refractivity contribution < 1.29 is 19.1 Å². The number of hydrogen-bond donors (Lipinski definition) is 1. The average Bonchev–Trinajstić information content (AvgIpc) is 3.23. The zero-order valence-corrected chi connectivity index (χ0v) is 15.9. The van der Waals surface area contributed by atoms with Gasteiger partial charge in [-0.1, -0.05) is 12.1 Å². The Labute approximate surface area is 162 Å². The zero-order chi connectivity index (χ0) is 18.8. The lowest BCUT2D eigenvalue weighted by atomic mass is 10.2. The minimum absolute atomic E-state index is 0.0359. The second kappa shape index (κ2) is 7.90. The zero-order valence-electron chi connectivity index (χ0n) is 15.1. The molecule has 2 atom stereocenters. The van der Waals surface area contributed by atoms with Gasteiger partial charge in [-0.15, -0.1) is 11.8 Å². The van der Waals surface area contributed by atoms with Gasteiger partial charge in [-0.25, -0.2) is 0 Å². The molecule has 2 fully saturated rings. The first-order valence-corrected chi connectivity index (χ1v) is 10.2. The molecule has 2 unspecified atom stereocenters. The van der Waals surface area contributed by atoms with Crippen LogP contribution in [-0.4, -0.2) is 71.7 Å². The quantitative estimate of drug-likeness (QED) is 0.844. The molecular formula is C19H23N3O4S. The summed E-state index contributed by atoms with van der Waals surface area (Å²) in [6.45, 7) is 2.72. The summed E-state index contributed by atoms with van der Waals surface area (Å²) in [4.78, 5) is 41.9. The van der Waals surface area contributed by atoms with E-state index in [4.69, 9.17) is 4.74 Å². The molecule has 2 saturated heterocycles. The number of benzene rings is 1. The Kier molecular flexibility index (Phi) is 5.36. The molecule has 3 aliphatic rings. The number of nitrogens with one attached hydrogen (secondary N) is 1. The number of carbonyl (C=O) groups is 3. The summed E-state index contributed by atoms with van der Waals surface area (Å²) in [6, 6.07) is 7.62. The summed E-state index contributed by atoms with van der Waals surface area (Å²) in [6.07, 6.45) is 1.58. The third kappa shape index (κ3) is 3.96. The van der Waals surface area contributed by atoms with Crippen LogP contribution in [0.5, 0.6) is 0 Å². The van der Waals surface area contributed by atoms with Gasteiger partial charge in [-0.05, 0) is 25.0 Å². The number of rotatable bonds is 3. The van der Waals surface area contributed by atoms with Crippen LogP contribution in [0.2, 0.25) is 0 Å². The number of ether oxygens (including phenoxy) is 1. The van der Waals surface area contributed by atoms with E-state index < -0.39 is 5.25 Å². The summed E-state index contributed by atoms with van der Waals surface area (Å²) < 4.78 is 5.46. The van der Waals surface area contributed by atoms with Crippen LogP contribution in [0.1, 0.15) is 19.3 Å². The van der Waals surface area contributed by atoms with Crippen LogP contribution in [-0.2, 0) is 19.1 Å². The van der Waals surface area contributed by atoms with Crippen molar-refractivity contribution in [3.8, 4) is 0 Å². The van der Waals surface area contributed by atoms with E-state index >= 15 is 0 Å². The van der Waals surface area contributed by atoms with Gasteiger partial charge >= 0.3 is 0 Å². The fraction of sp³-hybridized carbons (Fsp3) is 0.526. The van der Waals surface area contributed by atoms with E-state index in [9.17, 15) is 14.4 Å². The monoisotopic (exact) mass is 389 g/mol. The van der Waals surface area contributed by atoms with Crippen LogP contribution < -0.4 is 5.32 Å². The highest BCUT2D eigenvalue weighted by Gasteiger charge is 2.34. The molecular weight excluding hydrogens is 366 g/mol. The van der Waals surface area contributed by atoms with Gasteiger partial charge in [0.1, 0.15) is 6.10 Å². The molecule has 0 aliphatic carbocycles. The maximum atomic E-state index is 12.7. The van der Waals surface area contributed by atoms with Crippen molar-refractivity contribution in [2.45, 2.75) is 35.5 Å². The Balaban J connectivity index is 1.30. The minimum Gasteiger partial charge on any atom is -0.368 e. The summed E-state index contributed by atoms with van der Waals surface area (Å²) in [5.74, 6) is -0.121. The molecule has 0 spiro atoms. The number of nitrogens with zero attached hydrogens (tertiary/aromatic N) is 2. The number of para-hydroxylation sites is 1. The van der Waals surface area contributed by atoms with Crippen molar-refractivity contribution in [2.75, 3.05) is 38.1 Å². The second-order valence-electron chi connectivity index (χ2n) is 7.00. The topological polar surface area (TPSA) is 79.0 Å². The Morgan fingerprint density at radius 2 is 1.89 bits per heavy atom. The smallest absolute Gasteiger partial charge is 0.251 e. The van der Waals surface area contributed by atoms with Crippen LogP contribution in [0.25, 0.3) is 0 Å². The van der Waals surface area contributed by atoms with E-state index in [1.807, 2.05) is 24.3 Å². The molecule has 4 rings (SSSR count). The van der Waals surface area contributed by atoms with Gasteiger partial charge in [0.15, 0.2) is 0 Å². The SMILES string of the molecule is O=C1Nc2ccccc2SC1CC(=O)N1CCN(C(=O)C2CCCO2)CC1. The van der Waals surface area contributed by atoms with E-state index in [-0.39, 0.29) is 30.2 Å². The highest BCUT2D eigenvalue weighted by Crippen LogP contribution is 2.36. The standard InChI is InChI=1S/C19H23N3O4S/c23-17(12-16-18(24)20-13-4-1-2-6-15(13)27-16)21-7-9-22(10-8-21)19(25)14-5-3-11-26-14/h1-2,4,6,14,16H,3,5,7-12H2,(H,20,24). The van der Waals surface area contributed by atoms with Crippen molar-refractivity contribution in [1.29, 1.82) is 0 Å². The maximum Gasteiger partial charge on any atom is 0.251 e. The Hall–Kier alpha value is -2.06. The molecule has 0 aromatic heterocycles. The Bertz CT molecular complexity index is 742. The number of hydrogen-bond acceptors (Lipinski definition) is 5. The van der Waals surface area contributed by atoms with Crippen molar-refractivity contribution >= 4 is 35.2 Å². The summed E-state index contributed by atoms with van der Waals surface area (Å²) in [5.41, 5.74) is 0.803. The molecule has 1 aromatic carbocycles. The third-order valence-corrected chi connectivity index (χ3v) is 6.49. The number of piperazine rings is 1. The van der Waals surface area contributed by atoms with E-state index in [1.165, 1.54) is 11.8 Å². The Morgan fingerprint density at radius 3 is 2.63 bits per heavy atom. The summed E-state index contributed by atoms with van der Waals surface area (Å²) in [5, 5.41) is 2.46. The largest absolute Gasteiger partial charge is 0.368 e. The molecule has 0 bridgehead atoms. The maximum absolute atomic E-state index is 12.7. The molecule has 144 valence electrons. The summed E-state index contributed by atoms with van der Waals surface area (Å²) >= 11 is 1.44. The fourth-order valence-corrected chi connectivity index (χ4v) is 4.77. The Morgan fingerprint density at radius 1 is 1.15 bits per heavy atom. The predicted molar refractivity (Wildman–Crippen MR) is 101 cm³/mol. The van der Waals surface area contributed by atoms with Crippen molar-refractivity contribution in [3.63, 3.8) is 0 Å². The van der Waals surface area contributed by atoms with Gasteiger partial charge < -0.3 is 19.9 Å². The molecule has 27 heavy (non-hydrogen) atoms. The molecule has 0 saturated carbocycles. The number of carbonyl (C=O) groups excluding carboxylic acids is 3. The highest BCUT2D eigenvalue weighted by molar-refractivity contribution is 8.01. The molecule has 0 radical (unpaired) electrons. The summed E-state index contributed by atoms with van der Waals surface area (Å²) in [7, 11) is 0. The average molecular weight is 389 g/mol. The lowest BCUT2D eigenvalue weighted by Gasteiger charge is -2.36. The van der Waals surface area contributed by atoms with Gasteiger partial charge in [0.2, 0.25) is 11.8 Å². The van der Waals surface area contributed by atoms with Crippen LogP contribution in [0, 0.1) is 0 Å². The minimum atomic E-state index is -0.418. The second-order valence-corrected chi connectivity index (χ2v) is 8.25. The van der Waals surface area contributed by atoms with Gasteiger partial charge in [-0.3, -0.25) is 14.4 Å².